The van der Waals surface area contributed by atoms with Crippen molar-refractivity contribution in [3.63, 3.8) is 0 Å². The third kappa shape index (κ3) is 10.4. The fourth-order valence-electron chi connectivity index (χ4n) is 2.55. The quantitative estimate of drug-likeness (QED) is 0.236. The van der Waals surface area contributed by atoms with Gasteiger partial charge in [-0.3, -0.25) is 0 Å². The lowest BCUT2D eigenvalue weighted by Gasteiger charge is -2.18. The van der Waals surface area contributed by atoms with Gasteiger partial charge in [0.2, 0.25) is 0 Å². The summed E-state index contributed by atoms with van der Waals surface area (Å²) in [6.45, 7) is 12.3. The lowest BCUT2D eigenvalue weighted by atomic mass is 9.88. The number of unbranched alkanes of at least 4 members (excludes halogenated alkanes) is 6. The standard InChI is InChI=1S/C19H34S/c1-5-9-11-13-15-19(16-14-12-10-6-2)18(7-3)17-20-8-4/h7-8,17,19H,3-6,9-16H2,1-2H3/b18-17+. The maximum atomic E-state index is 4.01. The van der Waals surface area contributed by atoms with E-state index in [4.69, 9.17) is 0 Å². The molecule has 0 aromatic rings. The minimum Gasteiger partial charge on any atom is -0.106 e. The topological polar surface area (TPSA) is 0 Å². The molecule has 116 valence electrons. The molecule has 0 aromatic carbocycles. The van der Waals surface area contributed by atoms with Gasteiger partial charge in [0.1, 0.15) is 0 Å². The zero-order chi connectivity index (χ0) is 15.1. The lowest BCUT2D eigenvalue weighted by Crippen LogP contribution is -2.03. The van der Waals surface area contributed by atoms with E-state index in [1.54, 1.807) is 11.8 Å². The molecule has 0 rings (SSSR count). The molecule has 0 spiro atoms. The summed E-state index contributed by atoms with van der Waals surface area (Å²) in [5.41, 5.74) is 1.42. The molecule has 0 saturated heterocycles. The van der Waals surface area contributed by atoms with E-state index < -0.39 is 0 Å². The van der Waals surface area contributed by atoms with E-state index in [1.807, 2.05) is 5.41 Å². The summed E-state index contributed by atoms with van der Waals surface area (Å²) < 4.78 is 0. The van der Waals surface area contributed by atoms with Crippen molar-refractivity contribution in [3.8, 4) is 0 Å². The van der Waals surface area contributed by atoms with Crippen LogP contribution in [-0.4, -0.2) is 0 Å². The summed E-state index contributed by atoms with van der Waals surface area (Å²) in [4.78, 5) is 0. The Labute approximate surface area is 131 Å². The molecule has 0 heterocycles. The summed E-state index contributed by atoms with van der Waals surface area (Å²) in [7, 11) is 0. The molecule has 0 aliphatic heterocycles. The van der Waals surface area contributed by atoms with Crippen LogP contribution in [0.3, 0.4) is 0 Å². The zero-order valence-electron chi connectivity index (χ0n) is 13.7. The highest BCUT2D eigenvalue weighted by Gasteiger charge is 2.11. The van der Waals surface area contributed by atoms with Crippen LogP contribution >= 0.6 is 11.8 Å². The lowest BCUT2D eigenvalue weighted by molar-refractivity contribution is 0.461. The van der Waals surface area contributed by atoms with Gasteiger partial charge < -0.3 is 0 Å². The molecule has 0 aromatic heterocycles. The molecule has 0 radical (unpaired) electrons. The summed E-state index contributed by atoms with van der Waals surface area (Å²) in [6.07, 6.45) is 15.5. The first kappa shape index (κ1) is 19.6. The Hall–Kier alpha value is -0.430. The first-order valence-corrected chi connectivity index (χ1v) is 9.33. The molecule has 0 amide bonds. The number of hydrogen-bond acceptors (Lipinski definition) is 1. The van der Waals surface area contributed by atoms with Gasteiger partial charge in [-0.1, -0.05) is 84.4 Å². The van der Waals surface area contributed by atoms with E-state index >= 15 is 0 Å². The van der Waals surface area contributed by atoms with E-state index in [0.717, 1.165) is 0 Å². The van der Waals surface area contributed by atoms with Crippen LogP contribution in [0.1, 0.15) is 78.1 Å². The monoisotopic (exact) mass is 294 g/mol. The van der Waals surface area contributed by atoms with E-state index in [0.29, 0.717) is 5.92 Å². The summed E-state index contributed by atoms with van der Waals surface area (Å²) in [5.74, 6) is 0.702. The van der Waals surface area contributed by atoms with Crippen LogP contribution in [0.25, 0.3) is 0 Å². The number of thioether (sulfide) groups is 1. The smallest absolute Gasteiger partial charge is 0.0157 e. The molecule has 1 heteroatoms. The number of hydrogen-bond donors (Lipinski definition) is 0. The highest BCUT2D eigenvalue weighted by Crippen LogP contribution is 2.28. The van der Waals surface area contributed by atoms with Crippen LogP contribution in [0.2, 0.25) is 0 Å². The average molecular weight is 295 g/mol. The molecule has 0 unspecified atom stereocenters. The van der Waals surface area contributed by atoms with Crippen molar-refractivity contribution in [1.29, 1.82) is 0 Å². The molecule has 0 aliphatic rings. The maximum Gasteiger partial charge on any atom is -0.0157 e. The first-order valence-electron chi connectivity index (χ1n) is 8.38. The molecule has 20 heavy (non-hydrogen) atoms. The van der Waals surface area contributed by atoms with Crippen molar-refractivity contribution in [1.82, 2.24) is 0 Å². The minimum absolute atomic E-state index is 0.702. The molecular formula is C19H34S. The molecule has 0 atom stereocenters. The van der Waals surface area contributed by atoms with Gasteiger partial charge in [-0.05, 0) is 35.1 Å². The Balaban J connectivity index is 4.33. The molecule has 0 nitrogen and oxygen atoms in total. The Kier molecular flexibility index (Phi) is 14.6. The van der Waals surface area contributed by atoms with E-state index in [1.165, 1.54) is 69.8 Å². The summed E-state index contributed by atoms with van der Waals surface area (Å²) in [5, 5.41) is 4.14. The predicted octanol–water partition coefficient (Wildman–Crippen LogP) is 7.49. The van der Waals surface area contributed by atoms with Crippen LogP contribution in [0.5, 0.6) is 0 Å². The Morgan fingerprint density at radius 3 is 1.85 bits per heavy atom. The van der Waals surface area contributed by atoms with Crippen molar-refractivity contribution >= 4 is 11.8 Å². The molecule has 0 bridgehead atoms. The van der Waals surface area contributed by atoms with Crippen molar-refractivity contribution in [2.24, 2.45) is 5.92 Å². The van der Waals surface area contributed by atoms with E-state index in [-0.39, 0.29) is 0 Å². The largest absolute Gasteiger partial charge is 0.106 e. The summed E-state index contributed by atoms with van der Waals surface area (Å²) in [6, 6.07) is 0. The van der Waals surface area contributed by atoms with Crippen LogP contribution in [0, 0.1) is 5.92 Å². The predicted molar refractivity (Wildman–Crippen MR) is 97.1 cm³/mol. The minimum atomic E-state index is 0.702. The normalized spacial score (nSPS) is 11.8. The Morgan fingerprint density at radius 2 is 1.45 bits per heavy atom. The highest BCUT2D eigenvalue weighted by atomic mass is 32.2. The van der Waals surface area contributed by atoms with E-state index in [2.05, 4.69) is 38.5 Å². The van der Waals surface area contributed by atoms with Gasteiger partial charge in [0.15, 0.2) is 0 Å². The second kappa shape index (κ2) is 15.0. The molecule has 0 aliphatic carbocycles. The number of allylic oxidation sites excluding steroid dienone is 2. The fourth-order valence-corrected chi connectivity index (χ4v) is 3.09. The van der Waals surface area contributed by atoms with Crippen molar-refractivity contribution < 1.29 is 0 Å². The average Bonchev–Trinajstić information content (AvgIpc) is 2.47. The fraction of sp³-hybridized carbons (Fsp3) is 0.684. The SMILES string of the molecule is C=CS/C=C(\C=C)C(CCCCCC)CCCCCC. The molecular weight excluding hydrogens is 260 g/mol. The second-order valence-corrected chi connectivity index (χ2v) is 6.36. The maximum absolute atomic E-state index is 4.01. The Bertz CT molecular complexity index is 253. The van der Waals surface area contributed by atoms with Crippen LogP contribution in [0.15, 0.2) is 35.6 Å². The van der Waals surface area contributed by atoms with Gasteiger partial charge in [-0.25, -0.2) is 0 Å². The first-order chi connectivity index (χ1) is 9.79. The Morgan fingerprint density at radius 1 is 0.900 bits per heavy atom. The van der Waals surface area contributed by atoms with Crippen molar-refractivity contribution in [3.05, 3.63) is 35.6 Å². The highest BCUT2D eigenvalue weighted by molar-refractivity contribution is 8.04. The van der Waals surface area contributed by atoms with Crippen LogP contribution < -0.4 is 0 Å². The molecule has 0 fully saturated rings. The second-order valence-electron chi connectivity index (χ2n) is 5.52. The van der Waals surface area contributed by atoms with E-state index in [9.17, 15) is 0 Å². The van der Waals surface area contributed by atoms with Gasteiger partial charge >= 0.3 is 0 Å². The van der Waals surface area contributed by atoms with Crippen molar-refractivity contribution in [2.45, 2.75) is 78.1 Å². The van der Waals surface area contributed by atoms with Crippen LogP contribution in [0.4, 0.5) is 0 Å². The molecule has 0 saturated carbocycles. The third-order valence-corrected chi connectivity index (χ3v) is 4.42. The van der Waals surface area contributed by atoms with Crippen molar-refractivity contribution in [2.75, 3.05) is 0 Å². The van der Waals surface area contributed by atoms with Gasteiger partial charge in [-0.2, -0.15) is 0 Å². The summed E-state index contributed by atoms with van der Waals surface area (Å²) >= 11 is 1.69. The van der Waals surface area contributed by atoms with Gasteiger partial charge in [-0.15, -0.1) is 11.8 Å². The van der Waals surface area contributed by atoms with Gasteiger partial charge in [0.25, 0.3) is 0 Å². The number of rotatable bonds is 14. The third-order valence-electron chi connectivity index (χ3n) is 3.82. The molecule has 0 N–H and O–H groups in total. The van der Waals surface area contributed by atoms with Gasteiger partial charge in [0, 0.05) is 0 Å². The van der Waals surface area contributed by atoms with Crippen LogP contribution in [-0.2, 0) is 0 Å². The van der Waals surface area contributed by atoms with Gasteiger partial charge in [0.05, 0.1) is 0 Å². The zero-order valence-corrected chi connectivity index (χ0v) is 14.5.